The molecule has 0 saturated heterocycles. The average molecular weight is 278 g/mol. The fraction of sp³-hybridized carbons (Fsp3) is 1.00. The van der Waals surface area contributed by atoms with Crippen LogP contribution < -0.4 is 0 Å². The summed E-state index contributed by atoms with van der Waals surface area (Å²) in [4.78, 5) is 0. The van der Waals surface area contributed by atoms with E-state index < -0.39 is 33.0 Å². The van der Waals surface area contributed by atoms with Crippen molar-refractivity contribution in [2.75, 3.05) is 32.7 Å². The zero-order valence-electron chi connectivity index (χ0n) is 8.88. The van der Waals surface area contributed by atoms with Crippen LogP contribution in [-0.2, 0) is 32.4 Å². The van der Waals surface area contributed by atoms with Crippen molar-refractivity contribution in [2.24, 2.45) is 0 Å². The molecule has 0 N–H and O–H groups in total. The Morgan fingerprint density at radius 1 is 1.00 bits per heavy atom. The molecule has 92 valence electrons. The lowest BCUT2D eigenvalue weighted by atomic mass is 11.7. The van der Waals surface area contributed by atoms with E-state index in [0.717, 1.165) is 26.7 Å². The molecular weight excluding hydrogens is 264 g/mol. The van der Waals surface area contributed by atoms with Gasteiger partial charge in [-0.05, 0) is 0 Å². The van der Waals surface area contributed by atoms with Gasteiger partial charge in [-0.3, -0.25) is 0 Å². The second kappa shape index (κ2) is 4.89. The summed E-state index contributed by atoms with van der Waals surface area (Å²) >= 11 is 0. The van der Waals surface area contributed by atoms with Crippen LogP contribution in [0.25, 0.3) is 0 Å². The van der Waals surface area contributed by atoms with Crippen molar-refractivity contribution in [3.8, 4) is 0 Å². The van der Waals surface area contributed by atoms with Gasteiger partial charge in [-0.1, -0.05) is 0 Å². The maximum absolute atomic E-state index is 11.3. The van der Waals surface area contributed by atoms with Gasteiger partial charge in [0.15, 0.2) is 9.84 Å². The fourth-order valence-corrected chi connectivity index (χ4v) is 6.34. The predicted molar refractivity (Wildman–Crippen MR) is 55.4 cm³/mol. The number of sulfone groups is 1. The molecular formula is C5H14O7S2Si. The smallest absolute Gasteiger partial charge is 0.366 e. The van der Waals surface area contributed by atoms with E-state index in [-0.39, 0.29) is 0 Å². The van der Waals surface area contributed by atoms with Crippen LogP contribution in [0.1, 0.15) is 0 Å². The molecule has 0 aliphatic carbocycles. The van der Waals surface area contributed by atoms with Crippen LogP contribution in [-0.4, -0.2) is 57.5 Å². The molecule has 0 radical (unpaired) electrons. The van der Waals surface area contributed by atoms with Crippen molar-refractivity contribution in [1.29, 1.82) is 0 Å². The summed E-state index contributed by atoms with van der Waals surface area (Å²) in [6.45, 7) is 0. The van der Waals surface area contributed by atoms with Crippen LogP contribution >= 0.6 is 0 Å². The van der Waals surface area contributed by atoms with Gasteiger partial charge in [-0.15, -0.1) is 0 Å². The average Bonchev–Trinajstić information content (AvgIpc) is 2.02. The van der Waals surface area contributed by atoms with Crippen LogP contribution in [0.3, 0.4) is 0 Å². The minimum Gasteiger partial charge on any atom is -0.366 e. The van der Waals surface area contributed by atoms with Gasteiger partial charge in [0.1, 0.15) is 5.94 Å². The van der Waals surface area contributed by atoms with Gasteiger partial charge < -0.3 is 13.3 Å². The summed E-state index contributed by atoms with van der Waals surface area (Å²) in [5.74, 6) is -0.756. The van der Waals surface area contributed by atoms with Crippen LogP contribution in [0.4, 0.5) is 0 Å². The third kappa shape index (κ3) is 4.16. The highest BCUT2D eigenvalue weighted by Gasteiger charge is 2.53. The first-order valence-corrected chi connectivity index (χ1v) is 10.1. The Labute approximate surface area is 90.2 Å². The first-order valence-electron chi connectivity index (χ1n) is 3.69. The second-order valence-corrected chi connectivity index (χ2v) is 12.3. The summed E-state index contributed by atoms with van der Waals surface area (Å²) < 4.78 is 58.5. The SMILES string of the molecule is CO[Si](OC)(OCS(C)(=O)=O)S(C)(=O)=O. The van der Waals surface area contributed by atoms with Crippen molar-refractivity contribution >= 4 is 27.1 Å². The van der Waals surface area contributed by atoms with Gasteiger partial charge in [0, 0.05) is 26.7 Å². The number of rotatable bonds is 6. The zero-order valence-corrected chi connectivity index (χ0v) is 11.5. The summed E-state index contributed by atoms with van der Waals surface area (Å²) in [6, 6.07) is 0. The maximum atomic E-state index is 11.3. The molecule has 0 aromatic heterocycles. The van der Waals surface area contributed by atoms with Crippen molar-refractivity contribution < 1.29 is 30.1 Å². The summed E-state index contributed by atoms with van der Waals surface area (Å²) in [7, 11) is -8.96. The van der Waals surface area contributed by atoms with Crippen LogP contribution in [0.2, 0.25) is 0 Å². The Morgan fingerprint density at radius 3 is 1.60 bits per heavy atom. The monoisotopic (exact) mass is 278 g/mol. The van der Waals surface area contributed by atoms with Gasteiger partial charge >= 0.3 is 7.95 Å². The predicted octanol–water partition coefficient (Wildman–Crippen LogP) is -1.22. The highest BCUT2D eigenvalue weighted by molar-refractivity contribution is 8.19. The van der Waals surface area contributed by atoms with E-state index in [0.29, 0.717) is 0 Å². The topological polar surface area (TPSA) is 96.0 Å². The minimum absolute atomic E-state index is 0.756. The van der Waals surface area contributed by atoms with E-state index in [1.165, 1.54) is 0 Å². The van der Waals surface area contributed by atoms with Crippen molar-refractivity contribution in [3.05, 3.63) is 0 Å². The lowest BCUT2D eigenvalue weighted by Gasteiger charge is -2.22. The largest absolute Gasteiger partial charge is 0.634 e. The number of hydrogen-bond donors (Lipinski definition) is 0. The molecule has 10 heteroatoms. The van der Waals surface area contributed by atoms with E-state index in [9.17, 15) is 16.8 Å². The van der Waals surface area contributed by atoms with E-state index in [2.05, 4.69) is 8.85 Å². The molecule has 15 heavy (non-hydrogen) atoms. The molecule has 0 heterocycles. The third-order valence-electron chi connectivity index (χ3n) is 1.40. The molecule has 0 bridgehead atoms. The molecule has 0 amide bonds. The van der Waals surface area contributed by atoms with Gasteiger partial charge in [-0.2, -0.15) is 0 Å². The summed E-state index contributed by atoms with van der Waals surface area (Å²) in [5, 5.41) is 0. The van der Waals surface area contributed by atoms with Crippen molar-refractivity contribution in [2.45, 2.75) is 0 Å². The van der Waals surface area contributed by atoms with E-state index >= 15 is 0 Å². The van der Waals surface area contributed by atoms with E-state index in [1.807, 2.05) is 0 Å². The Hall–Kier alpha value is -0.00312. The molecule has 0 saturated carbocycles. The van der Waals surface area contributed by atoms with E-state index in [1.54, 1.807) is 0 Å². The Morgan fingerprint density at radius 2 is 1.40 bits per heavy atom. The Balaban J connectivity index is 5.00. The highest BCUT2D eigenvalue weighted by Crippen LogP contribution is 2.15. The zero-order chi connectivity index (χ0) is 12.3. The van der Waals surface area contributed by atoms with Crippen molar-refractivity contribution in [3.63, 3.8) is 0 Å². The molecule has 0 fully saturated rings. The molecule has 0 unspecified atom stereocenters. The fourth-order valence-electron chi connectivity index (χ4n) is 0.790. The van der Waals surface area contributed by atoms with Gasteiger partial charge in [-0.25, -0.2) is 16.8 Å². The minimum atomic E-state index is -3.96. The first kappa shape index (κ1) is 15.0. The standard InChI is InChI=1S/C5H14O7S2Si/c1-10-15(11-2,14(4,8)9)12-5-13(3,6)7/h5H2,1-4H3. The molecule has 7 nitrogen and oxygen atoms in total. The summed E-state index contributed by atoms with van der Waals surface area (Å²) in [6.07, 6.45) is 1.79. The lowest BCUT2D eigenvalue weighted by Crippen LogP contribution is -2.52. The molecule has 0 aliphatic heterocycles. The Kier molecular flexibility index (Phi) is 4.89. The first-order chi connectivity index (χ1) is 6.58. The molecule has 0 aliphatic rings. The van der Waals surface area contributed by atoms with Gasteiger partial charge in [0.25, 0.3) is 0 Å². The van der Waals surface area contributed by atoms with Crippen molar-refractivity contribution in [1.82, 2.24) is 0 Å². The maximum Gasteiger partial charge on any atom is 0.634 e. The third-order valence-corrected chi connectivity index (χ3v) is 8.64. The highest BCUT2D eigenvalue weighted by atomic mass is 32.4. The molecule has 0 rings (SSSR count). The lowest BCUT2D eigenvalue weighted by molar-refractivity contribution is 0.140. The molecule has 0 aromatic rings. The molecule has 0 spiro atoms. The van der Waals surface area contributed by atoms with Gasteiger partial charge in [0.05, 0.1) is 0 Å². The van der Waals surface area contributed by atoms with Crippen LogP contribution in [0.5, 0.6) is 0 Å². The second-order valence-electron chi connectivity index (χ2n) is 2.87. The quantitative estimate of drug-likeness (QED) is 0.562. The van der Waals surface area contributed by atoms with Crippen LogP contribution in [0.15, 0.2) is 0 Å². The molecule has 0 aromatic carbocycles. The molecule has 0 atom stereocenters. The van der Waals surface area contributed by atoms with Crippen LogP contribution in [0, 0.1) is 0 Å². The number of hydrogen-bond acceptors (Lipinski definition) is 7. The van der Waals surface area contributed by atoms with Gasteiger partial charge in [0.2, 0.25) is 9.29 Å². The Bertz CT molecular complexity index is 393. The summed E-state index contributed by atoms with van der Waals surface area (Å²) in [5.41, 5.74) is 0. The van der Waals surface area contributed by atoms with E-state index in [4.69, 9.17) is 4.43 Å². The normalized spacial score (nSPS) is 14.1.